The lowest BCUT2D eigenvalue weighted by atomic mass is 9.86. The number of allylic oxidation sites excluding steroid dienone is 1. The van der Waals surface area contributed by atoms with E-state index in [0.717, 1.165) is 11.1 Å². The first-order valence-corrected chi connectivity index (χ1v) is 13.0. The lowest BCUT2D eigenvalue weighted by Gasteiger charge is -2.24. The monoisotopic (exact) mass is 493 g/mol. The number of carboxylic acids is 1. The summed E-state index contributed by atoms with van der Waals surface area (Å²) < 4.78 is 29.2. The van der Waals surface area contributed by atoms with Crippen LogP contribution in [0.15, 0.2) is 64.9 Å². The number of aliphatic carboxylic acids is 1. The molecule has 2 aromatic carbocycles. The lowest BCUT2D eigenvalue weighted by Crippen LogP contribution is -2.49. The summed E-state index contributed by atoms with van der Waals surface area (Å²) >= 11 is 7.15. The van der Waals surface area contributed by atoms with E-state index in [4.69, 9.17) is 11.6 Å². The standard InChI is InChI=1S/C23H24ClNO5S2/c24-18-9-7-16(8-10-18)19-11-12-20(31-19)32(29,30)25-23(21(27)28)15-22(23,13-4-14-26)17-5-2-1-3-6-17/h1-3,5-10,12,19,25-26H,4,11,13-15H2,(H,27,28). The lowest BCUT2D eigenvalue weighted by molar-refractivity contribution is -0.140. The summed E-state index contributed by atoms with van der Waals surface area (Å²) in [5.41, 5.74) is -0.843. The highest BCUT2D eigenvalue weighted by molar-refractivity contribution is 8.18. The number of hydrogen-bond acceptors (Lipinski definition) is 5. The molecule has 32 heavy (non-hydrogen) atoms. The highest BCUT2D eigenvalue weighted by Crippen LogP contribution is 2.61. The van der Waals surface area contributed by atoms with Crippen LogP contribution in [0, 0.1) is 0 Å². The van der Waals surface area contributed by atoms with Gasteiger partial charge in [0, 0.05) is 22.3 Å². The normalized spacial score (nSPS) is 27.2. The molecule has 1 saturated carbocycles. The molecule has 6 nitrogen and oxygen atoms in total. The summed E-state index contributed by atoms with van der Waals surface area (Å²) in [5, 5.41) is 20.0. The first-order valence-electron chi connectivity index (χ1n) is 10.3. The maximum atomic E-state index is 13.3. The van der Waals surface area contributed by atoms with Gasteiger partial charge in [-0.05, 0) is 48.9 Å². The number of carbonyl (C=O) groups is 1. The maximum absolute atomic E-state index is 13.3. The summed E-state index contributed by atoms with van der Waals surface area (Å²) in [6, 6.07) is 16.3. The van der Waals surface area contributed by atoms with E-state index in [1.165, 1.54) is 11.8 Å². The van der Waals surface area contributed by atoms with E-state index in [1.54, 1.807) is 18.2 Å². The first kappa shape index (κ1) is 23.3. The van der Waals surface area contributed by atoms with Gasteiger partial charge in [-0.15, -0.1) is 11.8 Å². The molecule has 1 fully saturated rings. The smallest absolute Gasteiger partial charge is 0.325 e. The molecule has 0 spiro atoms. The number of benzene rings is 2. The number of sulfonamides is 1. The van der Waals surface area contributed by atoms with Gasteiger partial charge in [0.15, 0.2) is 0 Å². The van der Waals surface area contributed by atoms with Crippen LogP contribution in [-0.2, 0) is 20.2 Å². The number of thioether (sulfide) groups is 1. The number of carboxylic acid groups (broad SMARTS) is 1. The molecule has 0 aromatic heterocycles. The molecule has 2 aliphatic rings. The van der Waals surface area contributed by atoms with Gasteiger partial charge in [0.25, 0.3) is 0 Å². The van der Waals surface area contributed by atoms with Gasteiger partial charge in [-0.25, -0.2) is 8.42 Å². The van der Waals surface area contributed by atoms with Gasteiger partial charge in [0.05, 0.1) is 0 Å². The predicted molar refractivity (Wildman–Crippen MR) is 126 cm³/mol. The minimum atomic E-state index is -4.05. The Labute approximate surface area is 196 Å². The fraction of sp³-hybridized carbons (Fsp3) is 0.348. The number of rotatable bonds is 9. The molecule has 0 saturated heterocycles. The van der Waals surface area contributed by atoms with Gasteiger partial charge in [-0.3, -0.25) is 4.79 Å². The number of aliphatic hydroxyl groups excluding tert-OH is 1. The second kappa shape index (κ2) is 8.83. The van der Waals surface area contributed by atoms with Crippen LogP contribution in [0.2, 0.25) is 5.02 Å². The Morgan fingerprint density at radius 3 is 2.47 bits per heavy atom. The molecule has 0 amide bonds. The van der Waals surface area contributed by atoms with Crippen LogP contribution >= 0.6 is 23.4 Å². The van der Waals surface area contributed by atoms with Crippen molar-refractivity contribution in [2.75, 3.05) is 6.61 Å². The molecule has 0 radical (unpaired) electrons. The number of nitrogens with one attached hydrogen (secondary N) is 1. The third kappa shape index (κ3) is 4.10. The predicted octanol–water partition coefficient (Wildman–Crippen LogP) is 4.22. The molecule has 3 unspecified atom stereocenters. The van der Waals surface area contributed by atoms with Crippen LogP contribution in [0.5, 0.6) is 0 Å². The van der Waals surface area contributed by atoms with Gasteiger partial charge >= 0.3 is 5.97 Å². The van der Waals surface area contributed by atoms with Crippen molar-refractivity contribution in [2.24, 2.45) is 0 Å². The van der Waals surface area contributed by atoms with Crippen LogP contribution in [0.25, 0.3) is 0 Å². The van der Waals surface area contributed by atoms with Crippen molar-refractivity contribution in [2.45, 2.75) is 41.9 Å². The highest BCUT2D eigenvalue weighted by atomic mass is 35.5. The molecule has 1 aliphatic carbocycles. The van der Waals surface area contributed by atoms with Gasteiger partial charge in [-0.1, -0.05) is 60.1 Å². The van der Waals surface area contributed by atoms with Gasteiger partial charge in [-0.2, -0.15) is 4.72 Å². The average molecular weight is 494 g/mol. The Kier molecular flexibility index (Phi) is 6.44. The zero-order valence-corrected chi connectivity index (χ0v) is 19.6. The fourth-order valence-electron chi connectivity index (χ4n) is 4.57. The highest BCUT2D eigenvalue weighted by Gasteiger charge is 2.74. The quantitative estimate of drug-likeness (QED) is 0.483. The minimum absolute atomic E-state index is 0.0768. The van der Waals surface area contributed by atoms with Crippen molar-refractivity contribution in [1.82, 2.24) is 4.72 Å². The molecule has 1 heterocycles. The zero-order valence-electron chi connectivity index (χ0n) is 17.2. The largest absolute Gasteiger partial charge is 0.480 e. The SMILES string of the molecule is O=C(O)C1(NS(=O)(=O)C2=CCC(c3ccc(Cl)cc3)S2)CC1(CCCO)c1ccccc1. The summed E-state index contributed by atoms with van der Waals surface area (Å²) in [6.07, 6.45) is 3.04. The summed E-state index contributed by atoms with van der Waals surface area (Å²) in [5.74, 6) is -1.21. The fourth-order valence-corrected chi connectivity index (χ4v) is 7.87. The van der Waals surface area contributed by atoms with Gasteiger partial charge in [0.1, 0.15) is 9.78 Å². The molecule has 0 bridgehead atoms. The molecular weight excluding hydrogens is 470 g/mol. The van der Waals surface area contributed by atoms with E-state index in [9.17, 15) is 23.4 Å². The van der Waals surface area contributed by atoms with E-state index in [0.29, 0.717) is 24.3 Å². The van der Waals surface area contributed by atoms with Crippen LogP contribution in [-0.4, -0.2) is 36.7 Å². The Bertz CT molecular complexity index is 1140. The second-order valence-electron chi connectivity index (χ2n) is 8.18. The third-order valence-electron chi connectivity index (χ3n) is 6.28. The Hall–Kier alpha value is -1.84. The van der Waals surface area contributed by atoms with E-state index in [1.807, 2.05) is 42.5 Å². The molecule has 9 heteroatoms. The van der Waals surface area contributed by atoms with Crippen LogP contribution in [0.1, 0.15) is 42.1 Å². The van der Waals surface area contributed by atoms with Crippen LogP contribution in [0.3, 0.4) is 0 Å². The molecule has 3 atom stereocenters. The number of hydrogen-bond donors (Lipinski definition) is 3. The Balaban J connectivity index is 1.59. The number of halogens is 1. The molecule has 4 rings (SSSR count). The second-order valence-corrected chi connectivity index (χ2v) is 11.8. The summed E-state index contributed by atoms with van der Waals surface area (Å²) in [6.45, 7) is -0.0964. The Morgan fingerprint density at radius 1 is 1.16 bits per heavy atom. The van der Waals surface area contributed by atoms with E-state index in [2.05, 4.69) is 4.72 Å². The molecule has 2 aromatic rings. The Morgan fingerprint density at radius 2 is 1.84 bits per heavy atom. The van der Waals surface area contributed by atoms with Crippen molar-refractivity contribution in [3.8, 4) is 0 Å². The molecule has 1 aliphatic heterocycles. The average Bonchev–Trinajstić information content (AvgIpc) is 3.15. The summed E-state index contributed by atoms with van der Waals surface area (Å²) in [7, 11) is -4.05. The van der Waals surface area contributed by atoms with Crippen molar-refractivity contribution in [3.05, 3.63) is 81.1 Å². The zero-order chi connectivity index (χ0) is 23.0. The van der Waals surface area contributed by atoms with Crippen molar-refractivity contribution < 1.29 is 23.4 Å². The first-order chi connectivity index (χ1) is 15.2. The third-order valence-corrected chi connectivity index (χ3v) is 9.94. The molecule has 170 valence electrons. The number of aliphatic hydroxyl groups is 1. The maximum Gasteiger partial charge on any atom is 0.325 e. The van der Waals surface area contributed by atoms with Crippen molar-refractivity contribution in [3.63, 3.8) is 0 Å². The van der Waals surface area contributed by atoms with E-state index in [-0.39, 0.29) is 22.5 Å². The van der Waals surface area contributed by atoms with Gasteiger partial charge < -0.3 is 10.2 Å². The van der Waals surface area contributed by atoms with Crippen LogP contribution in [0.4, 0.5) is 0 Å². The van der Waals surface area contributed by atoms with Crippen molar-refractivity contribution >= 4 is 39.4 Å². The topological polar surface area (TPSA) is 104 Å². The van der Waals surface area contributed by atoms with Gasteiger partial charge in [0.2, 0.25) is 10.0 Å². The van der Waals surface area contributed by atoms with E-state index < -0.39 is 26.9 Å². The molecule has 3 N–H and O–H groups in total. The van der Waals surface area contributed by atoms with Crippen molar-refractivity contribution in [1.29, 1.82) is 0 Å². The summed E-state index contributed by atoms with van der Waals surface area (Å²) in [4.78, 5) is 12.4. The van der Waals surface area contributed by atoms with Crippen LogP contribution < -0.4 is 4.72 Å². The minimum Gasteiger partial charge on any atom is -0.480 e. The van der Waals surface area contributed by atoms with E-state index >= 15 is 0 Å². The molecular formula is C23H24ClNO5S2.